The minimum atomic E-state index is -0.419. The van der Waals surface area contributed by atoms with Gasteiger partial charge in [-0.15, -0.1) is 12.4 Å². The average Bonchev–Trinajstić information content (AvgIpc) is 2.85. The van der Waals surface area contributed by atoms with Gasteiger partial charge in [0, 0.05) is 25.7 Å². The molecular formula is C15H24ClN5O2. The van der Waals surface area contributed by atoms with Crippen molar-refractivity contribution >= 4 is 29.9 Å². The van der Waals surface area contributed by atoms with Gasteiger partial charge in [-0.2, -0.15) is 5.10 Å². The van der Waals surface area contributed by atoms with Crippen LogP contribution in [0.1, 0.15) is 19.8 Å². The summed E-state index contributed by atoms with van der Waals surface area (Å²) in [5.41, 5.74) is 0.794. The number of halogens is 1. The quantitative estimate of drug-likeness (QED) is 0.826. The van der Waals surface area contributed by atoms with Gasteiger partial charge in [0.25, 0.3) is 0 Å². The molecule has 0 radical (unpaired) electrons. The Morgan fingerprint density at radius 2 is 2.22 bits per heavy atom. The monoisotopic (exact) mass is 341 g/mol. The van der Waals surface area contributed by atoms with Crippen LogP contribution >= 0.6 is 12.4 Å². The molecule has 1 aromatic rings. The molecule has 2 fully saturated rings. The second kappa shape index (κ2) is 7.31. The zero-order valence-electron chi connectivity index (χ0n) is 13.5. The van der Waals surface area contributed by atoms with Gasteiger partial charge in [-0.1, -0.05) is 6.92 Å². The molecule has 2 amide bonds. The van der Waals surface area contributed by atoms with Gasteiger partial charge in [-0.3, -0.25) is 14.3 Å². The van der Waals surface area contributed by atoms with Crippen LogP contribution < -0.4 is 15.5 Å². The largest absolute Gasteiger partial charge is 0.344 e. The summed E-state index contributed by atoms with van der Waals surface area (Å²) in [7, 11) is 1.82. The van der Waals surface area contributed by atoms with Gasteiger partial charge in [0.2, 0.25) is 11.8 Å². The van der Waals surface area contributed by atoms with E-state index < -0.39 is 6.04 Å². The predicted molar refractivity (Wildman–Crippen MR) is 89.5 cm³/mol. The van der Waals surface area contributed by atoms with E-state index >= 15 is 0 Å². The topological polar surface area (TPSA) is 79.3 Å². The molecule has 7 nitrogen and oxygen atoms in total. The second-order valence-electron chi connectivity index (χ2n) is 6.27. The number of aromatic nitrogens is 2. The van der Waals surface area contributed by atoms with Crippen LogP contribution in [0.5, 0.6) is 0 Å². The minimum absolute atomic E-state index is 0. The van der Waals surface area contributed by atoms with Crippen LogP contribution in [0.15, 0.2) is 12.4 Å². The summed E-state index contributed by atoms with van der Waals surface area (Å²) in [4.78, 5) is 26.6. The molecule has 0 aliphatic carbocycles. The van der Waals surface area contributed by atoms with Gasteiger partial charge >= 0.3 is 0 Å². The normalized spacial score (nSPS) is 23.0. The summed E-state index contributed by atoms with van der Waals surface area (Å²) in [6.07, 6.45) is 5.09. The Labute approximate surface area is 142 Å². The molecule has 3 heterocycles. The van der Waals surface area contributed by atoms with E-state index in [1.54, 1.807) is 15.8 Å². The molecule has 2 saturated heterocycles. The van der Waals surface area contributed by atoms with E-state index in [4.69, 9.17) is 0 Å². The molecule has 2 aliphatic heterocycles. The lowest BCUT2D eigenvalue weighted by molar-refractivity contribution is -0.132. The fourth-order valence-electron chi connectivity index (χ4n) is 3.00. The summed E-state index contributed by atoms with van der Waals surface area (Å²) in [5.74, 6) is 0.278. The molecule has 0 bridgehead atoms. The predicted octanol–water partition coefficient (Wildman–Crippen LogP) is 0.309. The lowest BCUT2D eigenvalue weighted by Gasteiger charge is -2.35. The van der Waals surface area contributed by atoms with Crippen LogP contribution in [0.2, 0.25) is 0 Å². The lowest BCUT2D eigenvalue weighted by atomic mass is 9.88. The van der Waals surface area contributed by atoms with E-state index in [9.17, 15) is 9.59 Å². The molecule has 0 spiro atoms. The average molecular weight is 342 g/mol. The van der Waals surface area contributed by atoms with Crippen molar-refractivity contribution in [3.8, 4) is 0 Å². The number of rotatable bonds is 4. The van der Waals surface area contributed by atoms with E-state index in [0.717, 1.165) is 25.2 Å². The van der Waals surface area contributed by atoms with Crippen molar-refractivity contribution in [2.24, 2.45) is 18.9 Å². The summed E-state index contributed by atoms with van der Waals surface area (Å²) >= 11 is 0. The number of hydrogen-bond acceptors (Lipinski definition) is 4. The Hall–Kier alpha value is -1.60. The SMILES string of the molecule is CC(C(=O)NC1CCCN(c2cnn(C)c2)C1=O)C1CNC1.Cl. The van der Waals surface area contributed by atoms with Gasteiger partial charge in [-0.25, -0.2) is 0 Å². The number of amides is 2. The van der Waals surface area contributed by atoms with Crippen molar-refractivity contribution in [3.05, 3.63) is 12.4 Å². The van der Waals surface area contributed by atoms with Crippen molar-refractivity contribution in [1.29, 1.82) is 0 Å². The molecule has 0 aromatic carbocycles. The fraction of sp³-hybridized carbons (Fsp3) is 0.667. The lowest BCUT2D eigenvalue weighted by Crippen LogP contribution is -2.56. The molecule has 8 heteroatoms. The smallest absolute Gasteiger partial charge is 0.249 e. The van der Waals surface area contributed by atoms with Gasteiger partial charge in [0.1, 0.15) is 6.04 Å². The highest BCUT2D eigenvalue weighted by molar-refractivity contribution is 5.99. The van der Waals surface area contributed by atoms with Crippen LogP contribution in [0.4, 0.5) is 5.69 Å². The molecule has 2 atom stereocenters. The molecule has 3 rings (SSSR count). The molecule has 2 N–H and O–H groups in total. The third-order valence-electron chi connectivity index (χ3n) is 4.69. The first kappa shape index (κ1) is 17.7. The van der Waals surface area contributed by atoms with Crippen LogP contribution in [-0.4, -0.2) is 47.3 Å². The van der Waals surface area contributed by atoms with Crippen molar-refractivity contribution < 1.29 is 9.59 Å². The maximum atomic E-state index is 12.6. The zero-order chi connectivity index (χ0) is 15.7. The van der Waals surface area contributed by atoms with E-state index in [1.807, 2.05) is 20.2 Å². The van der Waals surface area contributed by atoms with E-state index in [2.05, 4.69) is 15.7 Å². The van der Waals surface area contributed by atoms with Gasteiger partial charge < -0.3 is 15.5 Å². The molecule has 0 saturated carbocycles. The fourth-order valence-corrected chi connectivity index (χ4v) is 3.00. The molecule has 1 aromatic heterocycles. The van der Waals surface area contributed by atoms with Crippen molar-refractivity contribution in [2.75, 3.05) is 24.5 Å². The van der Waals surface area contributed by atoms with E-state index in [-0.39, 0.29) is 30.1 Å². The summed E-state index contributed by atoms with van der Waals surface area (Å²) in [5, 5.41) is 10.2. The first-order valence-corrected chi connectivity index (χ1v) is 7.87. The number of nitrogens with zero attached hydrogens (tertiary/aromatic N) is 3. The Balaban J connectivity index is 0.00000192. The maximum absolute atomic E-state index is 12.6. The minimum Gasteiger partial charge on any atom is -0.344 e. The number of carbonyl (C=O) groups is 2. The molecule has 128 valence electrons. The Morgan fingerprint density at radius 3 is 2.78 bits per heavy atom. The summed E-state index contributed by atoms with van der Waals surface area (Å²) in [6, 6.07) is -0.419. The van der Waals surface area contributed by atoms with E-state index in [1.165, 1.54) is 0 Å². The van der Waals surface area contributed by atoms with Crippen LogP contribution in [0.3, 0.4) is 0 Å². The van der Waals surface area contributed by atoms with Crippen molar-refractivity contribution in [3.63, 3.8) is 0 Å². The molecular weight excluding hydrogens is 318 g/mol. The zero-order valence-corrected chi connectivity index (χ0v) is 14.3. The first-order valence-electron chi connectivity index (χ1n) is 7.87. The van der Waals surface area contributed by atoms with Crippen molar-refractivity contribution in [1.82, 2.24) is 20.4 Å². The Morgan fingerprint density at radius 1 is 1.48 bits per heavy atom. The first-order chi connectivity index (χ1) is 10.6. The van der Waals surface area contributed by atoms with Crippen molar-refractivity contribution in [2.45, 2.75) is 25.8 Å². The number of anilines is 1. The highest BCUT2D eigenvalue weighted by Crippen LogP contribution is 2.21. The molecule has 2 aliphatic rings. The maximum Gasteiger partial charge on any atom is 0.249 e. The van der Waals surface area contributed by atoms with Gasteiger partial charge in [0.15, 0.2) is 0 Å². The van der Waals surface area contributed by atoms with E-state index in [0.29, 0.717) is 18.9 Å². The van der Waals surface area contributed by atoms with Crippen LogP contribution in [0, 0.1) is 11.8 Å². The number of hydrogen-bond donors (Lipinski definition) is 2. The Kier molecular flexibility index (Phi) is 5.64. The van der Waals surface area contributed by atoms with Gasteiger partial charge in [0.05, 0.1) is 11.9 Å². The number of carbonyl (C=O) groups excluding carboxylic acids is 2. The second-order valence-corrected chi connectivity index (χ2v) is 6.27. The molecule has 2 unspecified atom stereocenters. The van der Waals surface area contributed by atoms with Crippen LogP contribution in [-0.2, 0) is 16.6 Å². The third-order valence-corrected chi connectivity index (χ3v) is 4.69. The number of piperidine rings is 1. The highest BCUT2D eigenvalue weighted by Gasteiger charge is 2.34. The van der Waals surface area contributed by atoms with Gasteiger partial charge in [-0.05, 0) is 31.8 Å². The highest BCUT2D eigenvalue weighted by atomic mass is 35.5. The summed E-state index contributed by atoms with van der Waals surface area (Å²) < 4.78 is 1.68. The number of aryl methyl sites for hydroxylation is 1. The number of nitrogens with one attached hydrogen (secondary N) is 2. The molecule has 23 heavy (non-hydrogen) atoms. The third kappa shape index (κ3) is 3.67. The Bertz CT molecular complexity index is 572. The van der Waals surface area contributed by atoms with Crippen LogP contribution in [0.25, 0.3) is 0 Å². The summed E-state index contributed by atoms with van der Waals surface area (Å²) in [6.45, 7) is 4.38. The standard InChI is InChI=1S/C15H23N5O2.ClH/c1-10(11-6-16-7-11)14(21)18-13-4-3-5-20(15(13)22)12-8-17-19(2)9-12;/h8-11,13,16H,3-7H2,1-2H3,(H,18,21);1H.